The van der Waals surface area contributed by atoms with Crippen molar-refractivity contribution in [3.63, 3.8) is 0 Å². The van der Waals surface area contributed by atoms with E-state index in [0.29, 0.717) is 6.42 Å². The summed E-state index contributed by atoms with van der Waals surface area (Å²) in [4.78, 5) is 6.09. The van der Waals surface area contributed by atoms with Gasteiger partial charge in [-0.15, -0.1) is 0 Å². The van der Waals surface area contributed by atoms with Crippen LogP contribution in [-0.2, 0) is 6.42 Å². The maximum absolute atomic E-state index is 14.8. The average molecular weight is 236 g/mol. The third kappa shape index (κ3) is 1.16. The van der Waals surface area contributed by atoms with Gasteiger partial charge in [-0.2, -0.15) is 0 Å². The first-order valence-corrected chi connectivity index (χ1v) is 6.13. The highest BCUT2D eigenvalue weighted by Crippen LogP contribution is 2.57. The Morgan fingerprint density at radius 2 is 2.25 bits per heavy atom. The Balaban J connectivity index is 2.12. The molecule has 2 aliphatic rings. The highest BCUT2D eigenvalue weighted by atomic mass is 32.2. The fourth-order valence-electron chi connectivity index (χ4n) is 2.68. The van der Waals surface area contributed by atoms with Crippen molar-refractivity contribution in [1.29, 1.82) is 0 Å². The first-order valence-electron chi connectivity index (χ1n) is 5.31. The Kier molecular flexibility index (Phi) is 2.05. The molecule has 3 rings (SSSR count). The number of alkyl halides is 1. The van der Waals surface area contributed by atoms with Gasteiger partial charge in [0.25, 0.3) is 0 Å². The van der Waals surface area contributed by atoms with E-state index < -0.39 is 5.00 Å². The Morgan fingerprint density at radius 1 is 1.50 bits per heavy atom. The summed E-state index contributed by atoms with van der Waals surface area (Å²) in [6.45, 7) is 0. The minimum atomic E-state index is -1.23. The summed E-state index contributed by atoms with van der Waals surface area (Å²) in [5, 5.41) is -0.435. The smallest absolute Gasteiger partial charge is 0.191 e. The quantitative estimate of drug-likeness (QED) is 0.688. The lowest BCUT2D eigenvalue weighted by molar-refractivity contribution is 0.192. The fraction of sp³-hybridized carbons (Fsp3) is 0.417. The van der Waals surface area contributed by atoms with Crippen LogP contribution in [-0.4, -0.2) is 29.2 Å². The first kappa shape index (κ1) is 10.1. The molecule has 0 aromatic heterocycles. The molecule has 0 radical (unpaired) electrons. The lowest BCUT2D eigenvalue weighted by atomic mass is 10.1. The molecular weight excluding hydrogens is 223 g/mol. The fourth-order valence-corrected chi connectivity index (χ4v) is 3.95. The normalized spacial score (nSPS) is 34.3. The average Bonchev–Trinajstić information content (AvgIpc) is 2.69. The number of rotatable bonds is 0. The Morgan fingerprint density at radius 3 is 3.00 bits per heavy atom. The SMILES string of the molecule is CN=C1SC2(F)Cc3ccccc3C2N1C. The molecule has 0 saturated carbocycles. The molecule has 0 spiro atoms. The van der Waals surface area contributed by atoms with Crippen molar-refractivity contribution in [2.24, 2.45) is 4.99 Å². The summed E-state index contributed by atoms with van der Waals surface area (Å²) in [6, 6.07) is 7.82. The first-order chi connectivity index (χ1) is 7.65. The van der Waals surface area contributed by atoms with Crippen molar-refractivity contribution in [3.05, 3.63) is 35.4 Å². The second kappa shape index (κ2) is 3.23. The minimum Gasteiger partial charge on any atom is -0.343 e. The number of benzene rings is 1. The predicted octanol–water partition coefficient (Wildman–Crippen LogP) is 2.61. The van der Waals surface area contributed by atoms with Crippen LogP contribution >= 0.6 is 11.8 Å². The van der Waals surface area contributed by atoms with Crippen LogP contribution in [0.15, 0.2) is 29.3 Å². The third-order valence-electron chi connectivity index (χ3n) is 3.33. The maximum Gasteiger partial charge on any atom is 0.191 e. The highest BCUT2D eigenvalue weighted by molar-refractivity contribution is 8.15. The van der Waals surface area contributed by atoms with Gasteiger partial charge in [-0.3, -0.25) is 4.99 Å². The number of halogens is 1. The molecule has 1 aromatic rings. The zero-order valence-electron chi connectivity index (χ0n) is 9.27. The van der Waals surface area contributed by atoms with Crippen LogP contribution in [0, 0.1) is 0 Å². The number of hydrogen-bond donors (Lipinski definition) is 0. The number of aliphatic imine (C=N–C) groups is 1. The van der Waals surface area contributed by atoms with E-state index in [4.69, 9.17) is 0 Å². The molecular formula is C12H13FN2S. The highest BCUT2D eigenvalue weighted by Gasteiger charge is 2.56. The predicted molar refractivity (Wildman–Crippen MR) is 65.4 cm³/mol. The number of hydrogen-bond acceptors (Lipinski definition) is 2. The van der Waals surface area contributed by atoms with E-state index in [2.05, 4.69) is 4.99 Å². The van der Waals surface area contributed by atoms with Gasteiger partial charge in [-0.25, -0.2) is 4.39 Å². The van der Waals surface area contributed by atoms with Crippen LogP contribution in [0.5, 0.6) is 0 Å². The van der Waals surface area contributed by atoms with E-state index in [0.717, 1.165) is 16.3 Å². The van der Waals surface area contributed by atoms with E-state index in [1.807, 2.05) is 36.2 Å². The van der Waals surface area contributed by atoms with Crippen molar-refractivity contribution >= 4 is 16.9 Å². The van der Waals surface area contributed by atoms with E-state index in [1.54, 1.807) is 7.05 Å². The van der Waals surface area contributed by atoms with Gasteiger partial charge >= 0.3 is 0 Å². The van der Waals surface area contributed by atoms with Gasteiger partial charge in [-0.1, -0.05) is 24.3 Å². The number of fused-ring (bicyclic) bond motifs is 3. The molecule has 1 aliphatic carbocycles. The molecule has 1 saturated heterocycles. The van der Waals surface area contributed by atoms with Gasteiger partial charge in [-0.05, 0) is 22.9 Å². The number of thioether (sulfide) groups is 1. The Labute approximate surface area is 98.6 Å². The molecule has 1 heterocycles. The third-order valence-corrected chi connectivity index (χ3v) is 4.69. The monoisotopic (exact) mass is 236 g/mol. The summed E-state index contributed by atoms with van der Waals surface area (Å²) in [5.74, 6) is 0. The lowest BCUT2D eigenvalue weighted by Crippen LogP contribution is -2.28. The molecule has 0 amide bonds. The van der Waals surface area contributed by atoms with E-state index >= 15 is 0 Å². The maximum atomic E-state index is 14.8. The zero-order valence-corrected chi connectivity index (χ0v) is 10.1. The van der Waals surface area contributed by atoms with Gasteiger partial charge in [0.2, 0.25) is 0 Å². The largest absolute Gasteiger partial charge is 0.343 e. The molecule has 2 nitrogen and oxygen atoms in total. The van der Waals surface area contributed by atoms with Crippen molar-refractivity contribution in [2.45, 2.75) is 17.5 Å². The van der Waals surface area contributed by atoms with Gasteiger partial charge < -0.3 is 4.90 Å². The van der Waals surface area contributed by atoms with Crippen LogP contribution in [0.2, 0.25) is 0 Å². The topological polar surface area (TPSA) is 15.6 Å². The van der Waals surface area contributed by atoms with E-state index in [9.17, 15) is 4.39 Å². The number of amidine groups is 1. The van der Waals surface area contributed by atoms with Crippen LogP contribution in [0.3, 0.4) is 0 Å². The second-order valence-corrected chi connectivity index (χ2v) is 5.53. The standard InChI is InChI=1S/C12H13FN2S/c1-14-11-15(2)10-9-6-4-3-5-8(9)7-12(10,13)16-11/h3-6,10H,7H2,1-2H3. The molecule has 0 bridgehead atoms. The van der Waals surface area contributed by atoms with Crippen LogP contribution in [0.25, 0.3) is 0 Å². The molecule has 2 atom stereocenters. The van der Waals surface area contributed by atoms with Gasteiger partial charge in [0.15, 0.2) is 10.2 Å². The van der Waals surface area contributed by atoms with E-state index in [1.165, 1.54) is 11.8 Å². The molecule has 1 aliphatic heterocycles. The van der Waals surface area contributed by atoms with Crippen LogP contribution < -0.4 is 0 Å². The lowest BCUT2D eigenvalue weighted by Gasteiger charge is -2.22. The van der Waals surface area contributed by atoms with Crippen molar-refractivity contribution in [2.75, 3.05) is 14.1 Å². The molecule has 4 heteroatoms. The Hall–Kier alpha value is -1.03. The summed E-state index contributed by atoms with van der Waals surface area (Å²) < 4.78 is 14.8. The molecule has 1 fully saturated rings. The summed E-state index contributed by atoms with van der Waals surface area (Å²) in [6.07, 6.45) is 0.488. The minimum absolute atomic E-state index is 0.174. The van der Waals surface area contributed by atoms with Crippen molar-refractivity contribution in [1.82, 2.24) is 4.90 Å². The molecule has 1 aromatic carbocycles. The van der Waals surface area contributed by atoms with Gasteiger partial charge in [0.1, 0.15) is 6.04 Å². The van der Waals surface area contributed by atoms with Crippen LogP contribution in [0.1, 0.15) is 17.2 Å². The molecule has 16 heavy (non-hydrogen) atoms. The zero-order chi connectivity index (χ0) is 11.3. The molecule has 84 valence electrons. The molecule has 2 unspecified atom stereocenters. The second-order valence-electron chi connectivity index (χ2n) is 4.28. The van der Waals surface area contributed by atoms with Crippen molar-refractivity contribution < 1.29 is 4.39 Å². The van der Waals surface area contributed by atoms with Gasteiger partial charge in [0, 0.05) is 20.5 Å². The van der Waals surface area contributed by atoms with Gasteiger partial charge in [0.05, 0.1) is 0 Å². The number of nitrogens with zero attached hydrogens (tertiary/aromatic N) is 2. The summed E-state index contributed by atoms with van der Waals surface area (Å²) in [5.41, 5.74) is 2.24. The Bertz CT molecular complexity index is 474. The van der Waals surface area contributed by atoms with E-state index in [-0.39, 0.29) is 6.04 Å². The van der Waals surface area contributed by atoms with Crippen molar-refractivity contribution in [3.8, 4) is 0 Å². The summed E-state index contributed by atoms with van der Waals surface area (Å²) >= 11 is 1.26. The summed E-state index contributed by atoms with van der Waals surface area (Å²) in [7, 11) is 3.64. The molecule has 0 N–H and O–H groups in total. The van der Waals surface area contributed by atoms with Crippen LogP contribution in [0.4, 0.5) is 4.39 Å².